The zero-order valence-corrected chi connectivity index (χ0v) is 13.1. The van der Waals surface area contributed by atoms with Crippen LogP contribution in [0.4, 0.5) is 0 Å². The minimum absolute atomic E-state index is 0.00174. The first-order chi connectivity index (χ1) is 11.2. The van der Waals surface area contributed by atoms with Crippen LogP contribution in [0.15, 0.2) is 67.1 Å². The van der Waals surface area contributed by atoms with Gasteiger partial charge in [0.15, 0.2) is 0 Å². The highest BCUT2D eigenvalue weighted by atomic mass is 16.5. The van der Waals surface area contributed by atoms with Crippen LogP contribution in [0.25, 0.3) is 0 Å². The van der Waals surface area contributed by atoms with E-state index in [0.29, 0.717) is 11.4 Å². The average Bonchev–Trinajstić information content (AvgIpc) is 3.07. The lowest BCUT2D eigenvalue weighted by Crippen LogP contribution is -2.17. The Labute approximate surface area is 135 Å². The number of ether oxygens (including phenoxy) is 1. The minimum atomic E-state index is -0.403. The van der Waals surface area contributed by atoms with E-state index in [1.54, 1.807) is 18.6 Å². The predicted octanol–water partition coefficient (Wildman–Crippen LogP) is 4.02. The summed E-state index contributed by atoms with van der Waals surface area (Å²) in [5, 5.41) is 0. The second-order valence-electron chi connectivity index (χ2n) is 5.43. The predicted molar refractivity (Wildman–Crippen MR) is 88.6 cm³/mol. The third-order valence-corrected chi connectivity index (χ3v) is 3.87. The Kier molecular flexibility index (Phi) is 4.24. The molecule has 3 aromatic rings. The molecule has 1 atom stereocenters. The van der Waals surface area contributed by atoms with Gasteiger partial charge in [-0.1, -0.05) is 48.5 Å². The molecule has 0 saturated carbocycles. The monoisotopic (exact) mass is 306 g/mol. The fourth-order valence-corrected chi connectivity index (χ4v) is 2.49. The van der Waals surface area contributed by atoms with Crippen molar-refractivity contribution in [2.75, 3.05) is 0 Å². The molecule has 0 aliphatic rings. The van der Waals surface area contributed by atoms with Gasteiger partial charge in [-0.25, -0.2) is 9.78 Å². The number of benzene rings is 2. The molecule has 4 heteroatoms. The molecule has 0 N–H and O–H groups in total. The lowest BCUT2D eigenvalue weighted by atomic mass is 10.1. The van der Waals surface area contributed by atoms with Gasteiger partial charge in [0.1, 0.15) is 11.4 Å². The molecule has 0 bridgehead atoms. The molecule has 1 heterocycles. The van der Waals surface area contributed by atoms with Crippen LogP contribution in [-0.4, -0.2) is 15.5 Å². The number of aryl methyl sites for hydroxylation is 1. The van der Waals surface area contributed by atoms with Crippen LogP contribution in [0, 0.1) is 6.92 Å². The highest BCUT2D eigenvalue weighted by Crippen LogP contribution is 2.22. The summed E-state index contributed by atoms with van der Waals surface area (Å²) in [5.74, 6) is 0.164. The van der Waals surface area contributed by atoms with Crippen LogP contribution >= 0.6 is 0 Å². The van der Waals surface area contributed by atoms with Crippen molar-refractivity contribution < 1.29 is 9.53 Å². The summed E-state index contributed by atoms with van der Waals surface area (Å²) in [7, 11) is 0. The molecule has 0 amide bonds. The van der Waals surface area contributed by atoms with Crippen molar-refractivity contribution in [3.8, 4) is 5.75 Å². The van der Waals surface area contributed by atoms with E-state index in [1.165, 1.54) is 0 Å². The number of rotatable bonds is 4. The number of imidazole rings is 1. The minimum Gasteiger partial charge on any atom is -0.422 e. The summed E-state index contributed by atoms with van der Waals surface area (Å²) in [4.78, 5) is 16.6. The van der Waals surface area contributed by atoms with Crippen LogP contribution in [0.5, 0.6) is 5.75 Å². The van der Waals surface area contributed by atoms with Crippen LogP contribution in [0.3, 0.4) is 0 Å². The topological polar surface area (TPSA) is 44.1 Å². The highest BCUT2D eigenvalue weighted by molar-refractivity contribution is 5.89. The summed E-state index contributed by atoms with van der Waals surface area (Å²) < 4.78 is 7.35. The third kappa shape index (κ3) is 3.16. The number of aromatic nitrogens is 2. The Morgan fingerprint density at radius 2 is 1.78 bits per heavy atom. The molecular formula is C19H18N2O2. The largest absolute Gasteiger partial charge is 0.422 e. The van der Waals surface area contributed by atoms with Gasteiger partial charge in [0.25, 0.3) is 0 Å². The van der Waals surface area contributed by atoms with E-state index in [-0.39, 0.29) is 6.04 Å². The van der Waals surface area contributed by atoms with Gasteiger partial charge in [-0.2, -0.15) is 0 Å². The molecule has 0 fully saturated rings. The van der Waals surface area contributed by atoms with E-state index in [4.69, 9.17) is 4.74 Å². The van der Waals surface area contributed by atoms with Gasteiger partial charge in [-0.05, 0) is 31.0 Å². The molecule has 0 aliphatic carbocycles. The maximum atomic E-state index is 12.5. The van der Waals surface area contributed by atoms with Gasteiger partial charge in [-0.15, -0.1) is 0 Å². The van der Waals surface area contributed by atoms with Crippen LogP contribution in [0.2, 0.25) is 0 Å². The summed E-state index contributed by atoms with van der Waals surface area (Å²) in [6.45, 7) is 3.94. The number of carbonyl (C=O) groups is 1. The van der Waals surface area contributed by atoms with E-state index in [0.717, 1.165) is 11.1 Å². The molecule has 4 nitrogen and oxygen atoms in total. The van der Waals surface area contributed by atoms with Crippen molar-refractivity contribution in [2.45, 2.75) is 19.9 Å². The molecular weight excluding hydrogens is 288 g/mol. The van der Waals surface area contributed by atoms with Crippen molar-refractivity contribution in [2.24, 2.45) is 0 Å². The second-order valence-corrected chi connectivity index (χ2v) is 5.43. The Balaban J connectivity index is 1.86. The third-order valence-electron chi connectivity index (χ3n) is 3.87. The van der Waals surface area contributed by atoms with Crippen molar-refractivity contribution >= 4 is 5.97 Å². The molecule has 3 rings (SSSR count). The normalized spacial score (nSPS) is 11.9. The zero-order valence-electron chi connectivity index (χ0n) is 13.1. The van der Waals surface area contributed by atoms with Crippen LogP contribution < -0.4 is 4.74 Å². The van der Waals surface area contributed by atoms with E-state index >= 15 is 0 Å². The number of hydrogen-bond acceptors (Lipinski definition) is 3. The summed E-state index contributed by atoms with van der Waals surface area (Å²) in [5.41, 5.74) is 2.46. The average molecular weight is 306 g/mol. The zero-order chi connectivity index (χ0) is 16.2. The first-order valence-electron chi connectivity index (χ1n) is 7.51. The molecule has 2 aromatic carbocycles. The number of carbonyl (C=O) groups excluding carboxylic acids is 1. The van der Waals surface area contributed by atoms with Crippen molar-refractivity contribution in [3.05, 3.63) is 83.9 Å². The van der Waals surface area contributed by atoms with Crippen molar-refractivity contribution in [1.82, 2.24) is 9.55 Å². The van der Waals surface area contributed by atoms with Gasteiger partial charge in [-0.3, -0.25) is 0 Å². The van der Waals surface area contributed by atoms with Gasteiger partial charge in [0.2, 0.25) is 0 Å². The SMILES string of the molecule is Cc1ccccc1OC(=O)c1cncn1C(C)c1ccccc1. The maximum absolute atomic E-state index is 12.5. The standard InChI is InChI=1S/C19H18N2O2/c1-14-8-6-7-11-18(14)23-19(22)17-12-20-13-21(17)15(2)16-9-4-3-5-10-16/h3-13,15H,1-2H3. The Morgan fingerprint density at radius 3 is 2.52 bits per heavy atom. The van der Waals surface area contributed by atoms with Gasteiger partial charge < -0.3 is 9.30 Å². The fraction of sp³-hybridized carbons (Fsp3) is 0.158. The van der Waals surface area contributed by atoms with E-state index in [2.05, 4.69) is 4.98 Å². The molecule has 23 heavy (non-hydrogen) atoms. The summed E-state index contributed by atoms with van der Waals surface area (Å²) in [6.07, 6.45) is 3.20. The number of para-hydroxylation sites is 1. The van der Waals surface area contributed by atoms with Crippen molar-refractivity contribution in [3.63, 3.8) is 0 Å². The Hall–Kier alpha value is -2.88. The second kappa shape index (κ2) is 6.48. The lowest BCUT2D eigenvalue weighted by molar-refractivity contribution is 0.0721. The molecule has 0 radical (unpaired) electrons. The van der Waals surface area contributed by atoms with Crippen LogP contribution in [0.1, 0.15) is 34.6 Å². The molecule has 0 aliphatic heterocycles. The lowest BCUT2D eigenvalue weighted by Gasteiger charge is -2.16. The Morgan fingerprint density at radius 1 is 1.09 bits per heavy atom. The van der Waals surface area contributed by atoms with E-state index in [9.17, 15) is 4.79 Å². The van der Waals surface area contributed by atoms with E-state index in [1.807, 2.05) is 66.9 Å². The summed E-state index contributed by atoms with van der Waals surface area (Å²) in [6, 6.07) is 17.4. The van der Waals surface area contributed by atoms with E-state index < -0.39 is 5.97 Å². The fourth-order valence-electron chi connectivity index (χ4n) is 2.49. The molecule has 1 aromatic heterocycles. The van der Waals surface area contributed by atoms with Gasteiger partial charge >= 0.3 is 5.97 Å². The summed E-state index contributed by atoms with van der Waals surface area (Å²) >= 11 is 0. The first kappa shape index (κ1) is 15.0. The molecule has 0 spiro atoms. The highest BCUT2D eigenvalue weighted by Gasteiger charge is 2.19. The van der Waals surface area contributed by atoms with Crippen molar-refractivity contribution in [1.29, 1.82) is 0 Å². The molecule has 116 valence electrons. The smallest absolute Gasteiger partial charge is 0.362 e. The quantitative estimate of drug-likeness (QED) is 0.540. The number of nitrogens with zero attached hydrogens (tertiary/aromatic N) is 2. The van der Waals surface area contributed by atoms with Crippen LogP contribution in [-0.2, 0) is 0 Å². The van der Waals surface area contributed by atoms with Gasteiger partial charge in [0.05, 0.1) is 18.6 Å². The Bertz CT molecular complexity index is 809. The molecule has 1 unspecified atom stereocenters. The number of hydrogen-bond donors (Lipinski definition) is 0. The maximum Gasteiger partial charge on any atom is 0.362 e. The first-order valence-corrected chi connectivity index (χ1v) is 7.51. The number of esters is 1. The van der Waals surface area contributed by atoms with Gasteiger partial charge in [0, 0.05) is 0 Å². The molecule has 0 saturated heterocycles.